The Hall–Kier alpha value is -2.46. The zero-order valence-corrected chi connectivity index (χ0v) is 13.8. The third-order valence-corrected chi connectivity index (χ3v) is 4.46. The molecule has 23 heavy (non-hydrogen) atoms. The fraction of sp³-hybridized carbons (Fsp3) is 0.158. The average molecular weight is 322 g/mol. The lowest BCUT2D eigenvalue weighted by atomic mass is 10.1. The van der Waals surface area contributed by atoms with E-state index >= 15 is 0 Å². The second kappa shape index (κ2) is 7.20. The summed E-state index contributed by atoms with van der Waals surface area (Å²) in [7, 11) is 0. The molecule has 0 bridgehead atoms. The summed E-state index contributed by atoms with van der Waals surface area (Å²) in [5.41, 5.74) is 3.93. The maximum absolute atomic E-state index is 12.1. The number of carbonyl (C=O) groups is 1. The number of thiazole rings is 1. The van der Waals surface area contributed by atoms with Gasteiger partial charge in [0.2, 0.25) is 0 Å². The summed E-state index contributed by atoms with van der Waals surface area (Å²) in [6.07, 6.45) is 0.737. The lowest BCUT2D eigenvalue weighted by Crippen LogP contribution is -2.25. The van der Waals surface area contributed by atoms with Crippen LogP contribution < -0.4 is 5.32 Å². The normalized spacial score (nSPS) is 10.5. The smallest absolute Gasteiger partial charge is 0.251 e. The minimum atomic E-state index is -0.0350. The molecule has 0 aliphatic carbocycles. The van der Waals surface area contributed by atoms with Crippen LogP contribution in [0.2, 0.25) is 0 Å². The number of amides is 1. The summed E-state index contributed by atoms with van der Waals surface area (Å²) < 4.78 is 0. The number of benzene rings is 2. The molecule has 0 saturated heterocycles. The molecule has 0 radical (unpaired) electrons. The van der Waals surface area contributed by atoms with E-state index in [1.807, 2.05) is 49.4 Å². The first-order valence-electron chi connectivity index (χ1n) is 7.57. The molecule has 1 N–H and O–H groups in total. The number of rotatable bonds is 5. The first-order valence-corrected chi connectivity index (χ1v) is 8.45. The molecule has 0 fully saturated rings. The predicted molar refractivity (Wildman–Crippen MR) is 94.8 cm³/mol. The Morgan fingerprint density at radius 2 is 1.96 bits per heavy atom. The first kappa shape index (κ1) is 15.4. The van der Waals surface area contributed by atoms with Gasteiger partial charge in [0.15, 0.2) is 0 Å². The van der Waals surface area contributed by atoms with Gasteiger partial charge in [-0.3, -0.25) is 4.79 Å². The molecule has 1 amide bonds. The summed E-state index contributed by atoms with van der Waals surface area (Å²) in [6, 6.07) is 17.7. The average Bonchev–Trinajstić information content (AvgIpc) is 3.04. The molecule has 2 aromatic carbocycles. The number of hydrogen-bond acceptors (Lipinski definition) is 3. The zero-order chi connectivity index (χ0) is 16.1. The van der Waals surface area contributed by atoms with Crippen LogP contribution in [-0.2, 0) is 6.42 Å². The van der Waals surface area contributed by atoms with Crippen molar-refractivity contribution in [3.63, 3.8) is 0 Å². The summed E-state index contributed by atoms with van der Waals surface area (Å²) in [4.78, 5) is 16.7. The number of nitrogens with zero attached hydrogens (tertiary/aromatic N) is 1. The summed E-state index contributed by atoms with van der Waals surface area (Å²) in [5.74, 6) is -0.0350. The fourth-order valence-electron chi connectivity index (χ4n) is 2.33. The molecule has 0 spiro atoms. The van der Waals surface area contributed by atoms with Crippen LogP contribution in [0.25, 0.3) is 10.6 Å². The van der Waals surface area contributed by atoms with E-state index in [2.05, 4.69) is 27.8 Å². The van der Waals surface area contributed by atoms with Crippen LogP contribution in [0.4, 0.5) is 0 Å². The van der Waals surface area contributed by atoms with Crippen LogP contribution in [0.5, 0.6) is 0 Å². The van der Waals surface area contributed by atoms with E-state index in [1.54, 1.807) is 11.3 Å². The molecule has 1 aromatic heterocycles. The second-order valence-corrected chi connectivity index (χ2v) is 6.24. The summed E-state index contributed by atoms with van der Waals surface area (Å²) in [5, 5.41) is 6.03. The van der Waals surface area contributed by atoms with Gasteiger partial charge in [0, 0.05) is 29.5 Å². The lowest BCUT2D eigenvalue weighted by molar-refractivity contribution is 0.0954. The number of nitrogens with one attached hydrogen (secondary N) is 1. The zero-order valence-electron chi connectivity index (χ0n) is 13.0. The molecule has 3 aromatic rings. The summed E-state index contributed by atoms with van der Waals surface area (Å²) in [6.45, 7) is 2.57. The highest BCUT2D eigenvalue weighted by Gasteiger charge is 2.07. The van der Waals surface area contributed by atoms with Gasteiger partial charge in [-0.05, 0) is 19.1 Å². The molecule has 0 aliphatic rings. The molecule has 3 nitrogen and oxygen atoms in total. The maximum Gasteiger partial charge on any atom is 0.251 e. The molecule has 0 atom stereocenters. The quantitative estimate of drug-likeness (QED) is 0.768. The molecule has 0 aliphatic heterocycles. The van der Waals surface area contributed by atoms with Crippen molar-refractivity contribution < 1.29 is 4.79 Å². The molecule has 0 saturated carbocycles. The van der Waals surface area contributed by atoms with Crippen LogP contribution >= 0.6 is 11.3 Å². The standard InChI is InChI=1S/C19H18N2OS/c1-14-6-5-9-16(12-14)18(22)20-11-10-17-13-23-19(21-17)15-7-3-2-4-8-15/h2-9,12-13H,10-11H2,1H3,(H,20,22). The Balaban J connectivity index is 1.55. The topological polar surface area (TPSA) is 42.0 Å². The summed E-state index contributed by atoms with van der Waals surface area (Å²) >= 11 is 1.64. The van der Waals surface area contributed by atoms with Gasteiger partial charge in [-0.15, -0.1) is 11.3 Å². The van der Waals surface area contributed by atoms with Gasteiger partial charge in [0.1, 0.15) is 5.01 Å². The Labute approximate surface area is 140 Å². The van der Waals surface area contributed by atoms with Crippen LogP contribution in [-0.4, -0.2) is 17.4 Å². The van der Waals surface area contributed by atoms with Crippen molar-refractivity contribution in [2.24, 2.45) is 0 Å². The molecule has 0 unspecified atom stereocenters. The number of aryl methyl sites for hydroxylation is 1. The van der Waals surface area contributed by atoms with E-state index in [0.29, 0.717) is 12.1 Å². The van der Waals surface area contributed by atoms with Crippen molar-refractivity contribution in [2.45, 2.75) is 13.3 Å². The van der Waals surface area contributed by atoms with Crippen LogP contribution in [0.1, 0.15) is 21.6 Å². The highest BCUT2D eigenvalue weighted by atomic mass is 32.1. The van der Waals surface area contributed by atoms with E-state index in [9.17, 15) is 4.79 Å². The highest BCUT2D eigenvalue weighted by molar-refractivity contribution is 7.13. The van der Waals surface area contributed by atoms with E-state index in [0.717, 1.165) is 28.2 Å². The Bertz CT molecular complexity index is 796. The molecular weight excluding hydrogens is 304 g/mol. The van der Waals surface area contributed by atoms with Gasteiger partial charge in [-0.1, -0.05) is 48.0 Å². The van der Waals surface area contributed by atoms with Crippen molar-refractivity contribution in [1.82, 2.24) is 10.3 Å². The molecule has 116 valence electrons. The fourth-order valence-corrected chi connectivity index (χ4v) is 3.19. The third-order valence-electron chi connectivity index (χ3n) is 3.52. The van der Waals surface area contributed by atoms with Crippen LogP contribution in [0.3, 0.4) is 0 Å². The van der Waals surface area contributed by atoms with Gasteiger partial charge in [-0.2, -0.15) is 0 Å². The molecular formula is C19H18N2OS. The SMILES string of the molecule is Cc1cccc(C(=O)NCCc2csc(-c3ccccc3)n2)c1. The second-order valence-electron chi connectivity index (χ2n) is 5.39. The van der Waals surface area contributed by atoms with Gasteiger partial charge in [0.05, 0.1) is 5.69 Å². The number of carbonyl (C=O) groups excluding carboxylic acids is 1. The van der Waals surface area contributed by atoms with E-state index in [1.165, 1.54) is 0 Å². The Kier molecular flexibility index (Phi) is 4.83. The van der Waals surface area contributed by atoms with E-state index in [-0.39, 0.29) is 5.91 Å². The number of hydrogen-bond donors (Lipinski definition) is 1. The van der Waals surface area contributed by atoms with Crippen molar-refractivity contribution in [2.75, 3.05) is 6.54 Å². The van der Waals surface area contributed by atoms with Gasteiger partial charge in [0.25, 0.3) is 5.91 Å². The minimum absolute atomic E-state index is 0.0350. The molecule has 4 heteroatoms. The third kappa shape index (κ3) is 4.05. The highest BCUT2D eigenvalue weighted by Crippen LogP contribution is 2.23. The first-order chi connectivity index (χ1) is 11.2. The monoisotopic (exact) mass is 322 g/mol. The van der Waals surface area contributed by atoms with Crippen LogP contribution in [0.15, 0.2) is 60.0 Å². The predicted octanol–water partition coefficient (Wildman–Crippen LogP) is 4.09. The van der Waals surface area contributed by atoms with Gasteiger partial charge < -0.3 is 5.32 Å². The largest absolute Gasteiger partial charge is 0.352 e. The van der Waals surface area contributed by atoms with Crippen LogP contribution in [0, 0.1) is 6.92 Å². The lowest BCUT2D eigenvalue weighted by Gasteiger charge is -2.04. The van der Waals surface area contributed by atoms with E-state index in [4.69, 9.17) is 0 Å². The Morgan fingerprint density at radius 1 is 1.13 bits per heavy atom. The van der Waals surface area contributed by atoms with Crippen molar-refractivity contribution in [3.05, 3.63) is 76.8 Å². The van der Waals surface area contributed by atoms with Crippen molar-refractivity contribution >= 4 is 17.2 Å². The maximum atomic E-state index is 12.1. The van der Waals surface area contributed by atoms with Gasteiger partial charge in [-0.25, -0.2) is 4.98 Å². The number of aromatic nitrogens is 1. The van der Waals surface area contributed by atoms with Gasteiger partial charge >= 0.3 is 0 Å². The molecule has 1 heterocycles. The molecule has 3 rings (SSSR count). The Morgan fingerprint density at radius 3 is 2.74 bits per heavy atom. The minimum Gasteiger partial charge on any atom is -0.352 e. The van der Waals surface area contributed by atoms with Crippen molar-refractivity contribution in [1.29, 1.82) is 0 Å². The van der Waals surface area contributed by atoms with Crippen molar-refractivity contribution in [3.8, 4) is 10.6 Å². The van der Waals surface area contributed by atoms with E-state index < -0.39 is 0 Å².